The van der Waals surface area contributed by atoms with E-state index in [4.69, 9.17) is 9.47 Å². The molecule has 0 saturated carbocycles. The van der Waals surface area contributed by atoms with Gasteiger partial charge in [-0.05, 0) is 30.5 Å². The maximum absolute atomic E-state index is 12.2. The van der Waals surface area contributed by atoms with E-state index in [9.17, 15) is 9.59 Å². The summed E-state index contributed by atoms with van der Waals surface area (Å²) in [5.74, 6) is 0.925. The number of nitrogens with one attached hydrogen (secondary N) is 1. The third-order valence-corrected chi connectivity index (χ3v) is 4.26. The molecule has 2 amide bonds. The lowest BCUT2D eigenvalue weighted by Crippen LogP contribution is -2.47. The third-order valence-electron chi connectivity index (χ3n) is 4.26. The van der Waals surface area contributed by atoms with Gasteiger partial charge in [-0.3, -0.25) is 9.59 Å². The van der Waals surface area contributed by atoms with E-state index < -0.39 is 0 Å². The predicted octanol–water partition coefficient (Wildman–Crippen LogP) is 1.38. The Bertz CT molecular complexity index is 536. The molecule has 1 aromatic rings. The summed E-state index contributed by atoms with van der Waals surface area (Å²) in [5, 5.41) is 3.07. The smallest absolute Gasteiger partial charge is 0.224 e. The van der Waals surface area contributed by atoms with Gasteiger partial charge in [0.25, 0.3) is 0 Å². The van der Waals surface area contributed by atoms with Gasteiger partial charge in [-0.25, -0.2) is 0 Å². The van der Waals surface area contributed by atoms with E-state index in [-0.39, 0.29) is 17.9 Å². The summed E-state index contributed by atoms with van der Waals surface area (Å²) in [6.45, 7) is 1.84. The lowest BCUT2D eigenvalue weighted by molar-refractivity contribution is -0.133. The van der Waals surface area contributed by atoms with Gasteiger partial charge >= 0.3 is 0 Å². The van der Waals surface area contributed by atoms with Crippen LogP contribution in [0, 0.1) is 0 Å². The Balaban J connectivity index is 1.72. The van der Waals surface area contributed by atoms with Gasteiger partial charge in [-0.1, -0.05) is 12.1 Å². The SMILES string of the molecule is COCCC(=O)N1CCC(NC(=O)Cc2ccc(OC)cc2)CC1. The van der Waals surface area contributed by atoms with Crippen molar-refractivity contribution >= 4 is 11.8 Å². The monoisotopic (exact) mass is 334 g/mol. The molecular weight excluding hydrogens is 308 g/mol. The summed E-state index contributed by atoms with van der Waals surface area (Å²) >= 11 is 0. The summed E-state index contributed by atoms with van der Waals surface area (Å²) in [4.78, 5) is 25.9. The van der Waals surface area contributed by atoms with Crippen molar-refractivity contribution in [3.05, 3.63) is 29.8 Å². The Hall–Kier alpha value is -2.08. The maximum Gasteiger partial charge on any atom is 0.224 e. The molecule has 1 heterocycles. The molecule has 2 rings (SSSR count). The van der Waals surface area contributed by atoms with Crippen LogP contribution in [0.3, 0.4) is 0 Å². The molecule has 0 bridgehead atoms. The number of carbonyl (C=O) groups excluding carboxylic acids is 2. The molecule has 1 aliphatic heterocycles. The van der Waals surface area contributed by atoms with Crippen LogP contribution < -0.4 is 10.1 Å². The van der Waals surface area contributed by atoms with E-state index in [2.05, 4.69) is 5.32 Å². The topological polar surface area (TPSA) is 67.9 Å². The highest BCUT2D eigenvalue weighted by atomic mass is 16.5. The fourth-order valence-electron chi connectivity index (χ4n) is 2.83. The number of likely N-dealkylation sites (tertiary alicyclic amines) is 1. The number of amides is 2. The van der Waals surface area contributed by atoms with Crippen molar-refractivity contribution in [2.45, 2.75) is 31.7 Å². The quantitative estimate of drug-likeness (QED) is 0.818. The van der Waals surface area contributed by atoms with E-state index in [0.29, 0.717) is 32.5 Å². The van der Waals surface area contributed by atoms with Gasteiger partial charge in [0.2, 0.25) is 11.8 Å². The molecule has 0 spiro atoms. The zero-order valence-electron chi connectivity index (χ0n) is 14.4. The van der Waals surface area contributed by atoms with Crippen molar-refractivity contribution < 1.29 is 19.1 Å². The Labute approximate surface area is 143 Å². The molecule has 1 aromatic carbocycles. The number of methoxy groups -OCH3 is 2. The second kappa shape index (κ2) is 9.27. The third kappa shape index (κ3) is 5.53. The average Bonchev–Trinajstić information content (AvgIpc) is 2.61. The first-order valence-electron chi connectivity index (χ1n) is 8.31. The molecule has 132 valence electrons. The van der Waals surface area contributed by atoms with Crippen LogP contribution in [-0.2, 0) is 20.7 Å². The minimum absolute atomic E-state index is 0.0179. The molecule has 6 nitrogen and oxygen atoms in total. The number of piperidine rings is 1. The predicted molar refractivity (Wildman–Crippen MR) is 90.9 cm³/mol. The van der Waals surface area contributed by atoms with Crippen LogP contribution in [0.5, 0.6) is 5.75 Å². The largest absolute Gasteiger partial charge is 0.497 e. The molecular formula is C18H26N2O4. The van der Waals surface area contributed by atoms with Gasteiger partial charge in [-0.15, -0.1) is 0 Å². The summed E-state index contributed by atoms with van der Waals surface area (Å²) in [5.41, 5.74) is 0.959. The van der Waals surface area contributed by atoms with Crippen LogP contribution in [0.2, 0.25) is 0 Å². The highest BCUT2D eigenvalue weighted by Gasteiger charge is 2.23. The summed E-state index contributed by atoms with van der Waals surface area (Å²) in [7, 11) is 3.21. The van der Waals surface area contributed by atoms with Crippen molar-refractivity contribution in [2.24, 2.45) is 0 Å². The van der Waals surface area contributed by atoms with E-state index in [1.165, 1.54) is 0 Å². The number of carbonyl (C=O) groups is 2. The number of ether oxygens (including phenoxy) is 2. The van der Waals surface area contributed by atoms with Crippen LogP contribution in [0.4, 0.5) is 0 Å². The summed E-state index contributed by atoms with van der Waals surface area (Å²) < 4.78 is 10.0. The molecule has 1 N–H and O–H groups in total. The van der Waals surface area contributed by atoms with Crippen LogP contribution in [0.1, 0.15) is 24.8 Å². The van der Waals surface area contributed by atoms with Crippen molar-refractivity contribution in [3.8, 4) is 5.75 Å². The van der Waals surface area contributed by atoms with Gasteiger partial charge in [0.05, 0.1) is 26.6 Å². The van der Waals surface area contributed by atoms with Crippen LogP contribution in [0.25, 0.3) is 0 Å². The first-order valence-corrected chi connectivity index (χ1v) is 8.31. The Kier molecular flexibility index (Phi) is 7.06. The highest BCUT2D eigenvalue weighted by Crippen LogP contribution is 2.14. The highest BCUT2D eigenvalue weighted by molar-refractivity contribution is 5.79. The molecule has 0 radical (unpaired) electrons. The zero-order valence-corrected chi connectivity index (χ0v) is 14.4. The molecule has 0 atom stereocenters. The van der Waals surface area contributed by atoms with Crippen molar-refractivity contribution in [3.63, 3.8) is 0 Å². The summed E-state index contributed by atoms with van der Waals surface area (Å²) in [6, 6.07) is 7.65. The van der Waals surface area contributed by atoms with Gasteiger partial charge in [0.1, 0.15) is 5.75 Å². The lowest BCUT2D eigenvalue weighted by atomic mass is 10.0. The van der Waals surface area contributed by atoms with E-state index >= 15 is 0 Å². The molecule has 6 heteroatoms. The normalized spacial score (nSPS) is 15.2. The van der Waals surface area contributed by atoms with E-state index in [1.807, 2.05) is 29.2 Å². The average molecular weight is 334 g/mol. The van der Waals surface area contributed by atoms with Crippen molar-refractivity contribution in [2.75, 3.05) is 33.9 Å². The Morgan fingerprint density at radius 2 is 1.83 bits per heavy atom. The second-order valence-electron chi connectivity index (χ2n) is 5.99. The maximum atomic E-state index is 12.2. The molecule has 0 aliphatic carbocycles. The number of benzene rings is 1. The van der Waals surface area contributed by atoms with E-state index in [0.717, 1.165) is 24.2 Å². The van der Waals surface area contributed by atoms with Gasteiger partial charge in [-0.2, -0.15) is 0 Å². The second-order valence-corrected chi connectivity index (χ2v) is 5.99. The fraction of sp³-hybridized carbons (Fsp3) is 0.556. The Morgan fingerprint density at radius 3 is 2.42 bits per heavy atom. The van der Waals surface area contributed by atoms with Crippen molar-refractivity contribution in [1.29, 1.82) is 0 Å². The summed E-state index contributed by atoms with van der Waals surface area (Å²) in [6.07, 6.45) is 2.38. The molecule has 0 aromatic heterocycles. The molecule has 24 heavy (non-hydrogen) atoms. The van der Waals surface area contributed by atoms with Crippen LogP contribution in [-0.4, -0.2) is 56.7 Å². The zero-order chi connectivity index (χ0) is 17.4. The first kappa shape index (κ1) is 18.3. The minimum atomic E-state index is 0.0179. The number of nitrogens with zero attached hydrogens (tertiary/aromatic N) is 1. The standard InChI is InChI=1S/C18H26N2O4/c1-23-12-9-18(22)20-10-7-15(8-11-20)19-17(21)13-14-3-5-16(24-2)6-4-14/h3-6,15H,7-13H2,1-2H3,(H,19,21). The molecule has 0 unspecified atom stereocenters. The lowest BCUT2D eigenvalue weighted by Gasteiger charge is -2.32. The minimum Gasteiger partial charge on any atom is -0.497 e. The van der Waals surface area contributed by atoms with Gasteiger partial charge < -0.3 is 19.7 Å². The number of hydrogen-bond acceptors (Lipinski definition) is 4. The van der Waals surface area contributed by atoms with Crippen LogP contribution >= 0.6 is 0 Å². The first-order chi connectivity index (χ1) is 11.6. The Morgan fingerprint density at radius 1 is 1.17 bits per heavy atom. The van der Waals surface area contributed by atoms with Gasteiger partial charge in [0, 0.05) is 26.2 Å². The van der Waals surface area contributed by atoms with E-state index in [1.54, 1.807) is 14.2 Å². The molecule has 1 aliphatic rings. The fourth-order valence-corrected chi connectivity index (χ4v) is 2.83. The number of rotatable bonds is 7. The number of hydrogen-bond donors (Lipinski definition) is 1. The van der Waals surface area contributed by atoms with Crippen molar-refractivity contribution in [1.82, 2.24) is 10.2 Å². The molecule has 1 fully saturated rings. The van der Waals surface area contributed by atoms with Crippen LogP contribution in [0.15, 0.2) is 24.3 Å². The van der Waals surface area contributed by atoms with Gasteiger partial charge in [0.15, 0.2) is 0 Å². The molecule has 1 saturated heterocycles.